The maximum Gasteiger partial charge on any atom is 0.258 e. The molecule has 1 N–H and O–H groups in total. The van der Waals surface area contributed by atoms with E-state index in [1.54, 1.807) is 30.3 Å². The summed E-state index contributed by atoms with van der Waals surface area (Å²) in [7, 11) is 0. The van der Waals surface area contributed by atoms with Crippen LogP contribution in [0.15, 0.2) is 65.2 Å². The van der Waals surface area contributed by atoms with Crippen LogP contribution in [0.5, 0.6) is 5.75 Å². The Hall–Kier alpha value is -3.08. The maximum absolute atomic E-state index is 12.3. The molecule has 0 radical (unpaired) electrons. The first-order valence-corrected chi connectivity index (χ1v) is 8.32. The van der Waals surface area contributed by atoms with Gasteiger partial charge < -0.3 is 9.26 Å². The number of anilines is 1. The molecule has 3 aromatic rings. The van der Waals surface area contributed by atoms with Gasteiger partial charge in [-0.2, -0.15) is 0 Å². The molecule has 1 aromatic heterocycles. The minimum absolute atomic E-state index is 0.254. The SMILES string of the molecule is CCCCOc1ccc(C(=O)Nc2cc(-c3ccccc3)no2)cc1. The van der Waals surface area contributed by atoms with Crippen LogP contribution in [0.1, 0.15) is 30.1 Å². The van der Waals surface area contributed by atoms with Crippen molar-refractivity contribution < 1.29 is 14.1 Å². The predicted octanol–water partition coefficient (Wildman–Crippen LogP) is 4.77. The fraction of sp³-hybridized carbons (Fsp3) is 0.200. The Kier molecular flexibility index (Phi) is 5.46. The van der Waals surface area contributed by atoms with Crippen molar-refractivity contribution >= 4 is 11.8 Å². The van der Waals surface area contributed by atoms with Gasteiger partial charge in [-0.15, -0.1) is 0 Å². The van der Waals surface area contributed by atoms with Gasteiger partial charge in [0, 0.05) is 17.2 Å². The number of benzene rings is 2. The molecule has 1 heterocycles. The quantitative estimate of drug-likeness (QED) is 0.631. The van der Waals surface area contributed by atoms with Gasteiger partial charge in [-0.05, 0) is 30.7 Å². The van der Waals surface area contributed by atoms with Gasteiger partial charge in [0.05, 0.1) is 6.61 Å². The summed E-state index contributed by atoms with van der Waals surface area (Å²) < 4.78 is 10.8. The molecule has 0 bridgehead atoms. The standard InChI is InChI=1S/C20H20N2O3/c1-2-3-13-24-17-11-9-16(10-12-17)20(23)21-19-14-18(22-25-19)15-7-5-4-6-8-15/h4-12,14H,2-3,13H2,1H3,(H,21,23). The molecule has 0 fully saturated rings. The Morgan fingerprint density at radius 2 is 1.88 bits per heavy atom. The third kappa shape index (κ3) is 4.47. The molecule has 1 amide bonds. The Morgan fingerprint density at radius 1 is 1.12 bits per heavy atom. The second-order valence-corrected chi connectivity index (χ2v) is 5.62. The Balaban J connectivity index is 1.61. The van der Waals surface area contributed by atoms with Crippen molar-refractivity contribution in [3.63, 3.8) is 0 Å². The smallest absolute Gasteiger partial charge is 0.258 e. The molecular weight excluding hydrogens is 316 g/mol. The molecule has 0 aliphatic carbocycles. The minimum Gasteiger partial charge on any atom is -0.494 e. The summed E-state index contributed by atoms with van der Waals surface area (Å²) in [5, 5.41) is 6.69. The van der Waals surface area contributed by atoms with Gasteiger partial charge in [0.2, 0.25) is 5.88 Å². The van der Waals surface area contributed by atoms with E-state index in [0.717, 1.165) is 24.2 Å². The van der Waals surface area contributed by atoms with Gasteiger partial charge in [-0.25, -0.2) is 0 Å². The average molecular weight is 336 g/mol. The van der Waals surface area contributed by atoms with Crippen LogP contribution in [-0.4, -0.2) is 17.7 Å². The summed E-state index contributed by atoms with van der Waals surface area (Å²) in [6, 6.07) is 18.4. The van der Waals surface area contributed by atoms with Crippen LogP contribution in [0, 0.1) is 0 Å². The summed E-state index contributed by atoms with van der Waals surface area (Å²) in [5.74, 6) is 0.819. The van der Waals surface area contributed by atoms with Crippen LogP contribution in [-0.2, 0) is 0 Å². The number of carbonyl (C=O) groups excluding carboxylic acids is 1. The van der Waals surface area contributed by atoms with Crippen molar-refractivity contribution in [3.8, 4) is 17.0 Å². The van der Waals surface area contributed by atoms with Crippen LogP contribution in [0.4, 0.5) is 5.88 Å². The highest BCUT2D eigenvalue weighted by Crippen LogP contribution is 2.22. The highest BCUT2D eigenvalue weighted by molar-refractivity contribution is 6.03. The number of hydrogen-bond acceptors (Lipinski definition) is 4. The predicted molar refractivity (Wildman–Crippen MR) is 96.7 cm³/mol. The van der Waals surface area contributed by atoms with Gasteiger partial charge in [0.1, 0.15) is 11.4 Å². The van der Waals surface area contributed by atoms with Gasteiger partial charge in [0.15, 0.2) is 0 Å². The molecule has 0 atom stereocenters. The zero-order chi connectivity index (χ0) is 17.5. The van der Waals surface area contributed by atoms with E-state index in [9.17, 15) is 4.79 Å². The third-order valence-corrected chi connectivity index (χ3v) is 3.70. The second-order valence-electron chi connectivity index (χ2n) is 5.62. The van der Waals surface area contributed by atoms with Gasteiger partial charge in [-0.1, -0.05) is 48.8 Å². The molecule has 5 heteroatoms. The van der Waals surface area contributed by atoms with Gasteiger partial charge in [0.25, 0.3) is 5.91 Å². The molecule has 2 aromatic carbocycles. The fourth-order valence-electron chi connectivity index (χ4n) is 2.30. The maximum atomic E-state index is 12.3. The molecule has 0 saturated carbocycles. The summed E-state index contributed by atoms with van der Waals surface area (Å²) in [6.07, 6.45) is 2.10. The summed E-state index contributed by atoms with van der Waals surface area (Å²) >= 11 is 0. The van der Waals surface area contributed by atoms with E-state index in [2.05, 4.69) is 17.4 Å². The molecule has 0 aliphatic heterocycles. The third-order valence-electron chi connectivity index (χ3n) is 3.70. The van der Waals surface area contributed by atoms with Crippen molar-refractivity contribution in [2.75, 3.05) is 11.9 Å². The number of nitrogens with zero attached hydrogens (tertiary/aromatic N) is 1. The largest absolute Gasteiger partial charge is 0.494 e. The first-order chi connectivity index (χ1) is 12.3. The zero-order valence-corrected chi connectivity index (χ0v) is 14.1. The molecule has 0 aliphatic rings. The van der Waals surface area contributed by atoms with E-state index in [-0.39, 0.29) is 5.91 Å². The lowest BCUT2D eigenvalue weighted by atomic mass is 10.1. The first kappa shape index (κ1) is 16.8. The van der Waals surface area contributed by atoms with Crippen LogP contribution < -0.4 is 10.1 Å². The van der Waals surface area contributed by atoms with Crippen molar-refractivity contribution in [2.24, 2.45) is 0 Å². The Labute approximate surface area is 146 Å². The van der Waals surface area contributed by atoms with Crippen LogP contribution in [0.2, 0.25) is 0 Å². The lowest BCUT2D eigenvalue weighted by Crippen LogP contribution is -2.11. The molecule has 3 rings (SSSR count). The topological polar surface area (TPSA) is 64.4 Å². The van der Waals surface area contributed by atoms with Crippen LogP contribution in [0.25, 0.3) is 11.3 Å². The van der Waals surface area contributed by atoms with Gasteiger partial charge >= 0.3 is 0 Å². The normalized spacial score (nSPS) is 10.4. The number of hydrogen-bond donors (Lipinski definition) is 1. The number of rotatable bonds is 7. The van der Waals surface area contributed by atoms with Gasteiger partial charge in [-0.3, -0.25) is 10.1 Å². The number of nitrogens with one attached hydrogen (secondary N) is 1. The van der Waals surface area contributed by atoms with Crippen molar-refractivity contribution in [1.29, 1.82) is 0 Å². The molecule has 0 unspecified atom stereocenters. The Bertz CT molecular complexity index is 810. The lowest BCUT2D eigenvalue weighted by Gasteiger charge is -2.06. The summed E-state index contributed by atoms with van der Waals surface area (Å²) in [5.41, 5.74) is 2.14. The number of ether oxygens (including phenoxy) is 1. The Morgan fingerprint density at radius 3 is 2.60 bits per heavy atom. The first-order valence-electron chi connectivity index (χ1n) is 8.32. The molecule has 128 valence electrons. The highest BCUT2D eigenvalue weighted by atomic mass is 16.5. The number of unbranched alkanes of at least 4 members (excludes halogenated alkanes) is 1. The van der Waals surface area contributed by atoms with Crippen LogP contribution in [0.3, 0.4) is 0 Å². The summed E-state index contributed by atoms with van der Waals surface area (Å²) in [6.45, 7) is 2.80. The van der Waals surface area contributed by atoms with Crippen molar-refractivity contribution in [3.05, 3.63) is 66.2 Å². The minimum atomic E-state index is -0.254. The summed E-state index contributed by atoms with van der Waals surface area (Å²) in [4.78, 5) is 12.3. The molecule has 0 saturated heterocycles. The van der Waals surface area contributed by atoms with E-state index in [1.807, 2.05) is 30.3 Å². The van der Waals surface area contributed by atoms with E-state index in [1.165, 1.54) is 0 Å². The van der Waals surface area contributed by atoms with E-state index < -0.39 is 0 Å². The fourth-order valence-corrected chi connectivity index (χ4v) is 2.30. The second kappa shape index (κ2) is 8.15. The van der Waals surface area contributed by atoms with Crippen molar-refractivity contribution in [2.45, 2.75) is 19.8 Å². The van der Waals surface area contributed by atoms with Crippen LogP contribution >= 0.6 is 0 Å². The highest BCUT2D eigenvalue weighted by Gasteiger charge is 2.11. The molecule has 0 spiro atoms. The van der Waals surface area contributed by atoms with Crippen molar-refractivity contribution in [1.82, 2.24) is 5.16 Å². The van der Waals surface area contributed by atoms with E-state index in [0.29, 0.717) is 23.7 Å². The monoisotopic (exact) mass is 336 g/mol. The molecule has 5 nitrogen and oxygen atoms in total. The van der Waals surface area contributed by atoms with E-state index >= 15 is 0 Å². The average Bonchev–Trinajstić information content (AvgIpc) is 3.12. The molecular formula is C20H20N2O3. The van der Waals surface area contributed by atoms with E-state index in [4.69, 9.17) is 9.26 Å². The zero-order valence-electron chi connectivity index (χ0n) is 14.1. The number of aromatic nitrogens is 1. The molecule has 25 heavy (non-hydrogen) atoms. The number of carbonyl (C=O) groups is 1. The number of amides is 1. The lowest BCUT2D eigenvalue weighted by molar-refractivity contribution is 0.102.